The topological polar surface area (TPSA) is 75.4 Å². The monoisotopic (exact) mass is 342 g/mol. The molecule has 1 aromatic rings. The Hall–Kier alpha value is -1.14. The van der Waals surface area contributed by atoms with E-state index in [4.69, 9.17) is 0 Å². The second-order valence-corrected chi connectivity index (χ2v) is 6.41. The van der Waals surface area contributed by atoms with E-state index in [1.165, 1.54) is 12.5 Å². The number of hydrogen-bond acceptors (Lipinski definition) is 4. The average molecular weight is 343 g/mol. The van der Waals surface area contributed by atoms with Gasteiger partial charge in [0.05, 0.1) is 11.5 Å². The molecule has 1 aliphatic rings. The van der Waals surface area contributed by atoms with Gasteiger partial charge in [0.1, 0.15) is 5.69 Å². The predicted molar refractivity (Wildman–Crippen MR) is 81.9 cm³/mol. The lowest BCUT2D eigenvalue weighted by Crippen LogP contribution is -2.35. The predicted octanol–water partition coefficient (Wildman–Crippen LogP) is 3.71. The van der Waals surface area contributed by atoms with Crippen LogP contribution < -0.4 is 5.32 Å². The third kappa shape index (κ3) is 3.49. The molecule has 2 N–H and O–H groups in total. The second-order valence-electron chi connectivity index (χ2n) is 5.49. The van der Waals surface area contributed by atoms with E-state index in [1.807, 2.05) is 0 Å². The second kappa shape index (κ2) is 6.54. The minimum Gasteiger partial charge on any atom is -0.396 e. The van der Waals surface area contributed by atoms with Crippen molar-refractivity contribution in [2.75, 3.05) is 18.5 Å². The smallest absolute Gasteiger partial charge is 0.293 e. The van der Waals surface area contributed by atoms with E-state index >= 15 is 0 Å². The lowest BCUT2D eigenvalue weighted by atomic mass is 9.74. The summed E-state index contributed by atoms with van der Waals surface area (Å²) in [6.45, 7) is 0.705. The molecule has 0 aliphatic heterocycles. The lowest BCUT2D eigenvalue weighted by Gasteiger charge is -2.35. The first-order valence-electron chi connectivity index (χ1n) is 6.85. The molecule has 0 bridgehead atoms. The summed E-state index contributed by atoms with van der Waals surface area (Å²) in [6.07, 6.45) is 5.39. The molecule has 1 fully saturated rings. The van der Waals surface area contributed by atoms with E-state index in [0.29, 0.717) is 16.7 Å². The minimum absolute atomic E-state index is 0.0586. The molecule has 20 heavy (non-hydrogen) atoms. The zero-order valence-electron chi connectivity index (χ0n) is 11.3. The largest absolute Gasteiger partial charge is 0.396 e. The molecule has 6 heteroatoms. The lowest BCUT2D eigenvalue weighted by molar-refractivity contribution is -0.384. The Bertz CT molecular complexity index is 487. The number of aliphatic hydroxyl groups excluding tert-OH is 1. The van der Waals surface area contributed by atoms with Crippen molar-refractivity contribution in [2.24, 2.45) is 5.41 Å². The van der Waals surface area contributed by atoms with E-state index in [9.17, 15) is 15.2 Å². The molecule has 0 amide bonds. The number of aliphatic hydroxyl groups is 1. The Labute approximate surface area is 126 Å². The van der Waals surface area contributed by atoms with Gasteiger partial charge in [-0.2, -0.15) is 0 Å². The van der Waals surface area contributed by atoms with Crippen molar-refractivity contribution in [1.82, 2.24) is 0 Å². The highest BCUT2D eigenvalue weighted by molar-refractivity contribution is 9.10. The molecule has 0 aromatic heterocycles. The molecule has 0 atom stereocenters. The van der Waals surface area contributed by atoms with Crippen LogP contribution in [0.5, 0.6) is 0 Å². The molecule has 0 spiro atoms. The quantitative estimate of drug-likeness (QED) is 0.631. The summed E-state index contributed by atoms with van der Waals surface area (Å²) >= 11 is 3.24. The average Bonchev–Trinajstić information content (AvgIpc) is 2.47. The maximum atomic E-state index is 11.1. The molecule has 1 saturated carbocycles. The van der Waals surface area contributed by atoms with Crippen molar-refractivity contribution in [3.05, 3.63) is 32.8 Å². The van der Waals surface area contributed by atoms with Crippen LogP contribution >= 0.6 is 15.9 Å². The molecule has 1 aliphatic carbocycles. The molecular weight excluding hydrogens is 324 g/mol. The van der Waals surface area contributed by atoms with Crippen LogP contribution in [-0.4, -0.2) is 23.2 Å². The van der Waals surface area contributed by atoms with Crippen LogP contribution in [0.1, 0.15) is 32.1 Å². The van der Waals surface area contributed by atoms with E-state index < -0.39 is 0 Å². The number of nitro benzene ring substituents is 1. The Morgan fingerprint density at radius 3 is 2.65 bits per heavy atom. The molecule has 5 nitrogen and oxygen atoms in total. The van der Waals surface area contributed by atoms with Gasteiger partial charge in [0, 0.05) is 22.5 Å². The molecule has 2 rings (SSSR count). The summed E-state index contributed by atoms with van der Waals surface area (Å²) in [4.78, 5) is 10.7. The van der Waals surface area contributed by atoms with Crippen molar-refractivity contribution in [1.29, 1.82) is 0 Å². The first-order valence-corrected chi connectivity index (χ1v) is 7.64. The number of benzene rings is 1. The van der Waals surface area contributed by atoms with Gasteiger partial charge in [0.25, 0.3) is 5.69 Å². The number of nitro groups is 1. The van der Waals surface area contributed by atoms with Gasteiger partial charge in [-0.15, -0.1) is 0 Å². The van der Waals surface area contributed by atoms with Crippen LogP contribution in [0.15, 0.2) is 22.7 Å². The van der Waals surface area contributed by atoms with Gasteiger partial charge in [-0.1, -0.05) is 35.2 Å². The molecule has 0 heterocycles. The standard InChI is InChI=1S/C14H19BrN2O3/c15-11-4-5-12(13(8-11)17(19)20)16-9-14(10-18)6-2-1-3-7-14/h4-5,8,16,18H,1-3,6-7,9-10H2. The first-order chi connectivity index (χ1) is 9.56. The fourth-order valence-corrected chi connectivity index (χ4v) is 3.13. The summed E-state index contributed by atoms with van der Waals surface area (Å²) in [5, 5.41) is 23.9. The van der Waals surface area contributed by atoms with Crippen LogP contribution in [0.3, 0.4) is 0 Å². The third-order valence-corrected chi connectivity index (χ3v) is 4.55. The van der Waals surface area contributed by atoms with E-state index in [-0.39, 0.29) is 22.6 Å². The molecule has 1 aromatic carbocycles. The van der Waals surface area contributed by atoms with E-state index in [2.05, 4.69) is 21.2 Å². The fraction of sp³-hybridized carbons (Fsp3) is 0.571. The first kappa shape index (κ1) is 15.3. The Morgan fingerprint density at radius 1 is 1.35 bits per heavy atom. The van der Waals surface area contributed by atoms with Gasteiger partial charge >= 0.3 is 0 Å². The summed E-state index contributed by atoms with van der Waals surface area (Å²) in [6, 6.07) is 4.98. The Morgan fingerprint density at radius 2 is 2.05 bits per heavy atom. The molecular formula is C14H19BrN2O3. The highest BCUT2D eigenvalue weighted by Gasteiger charge is 2.31. The van der Waals surface area contributed by atoms with Crippen molar-refractivity contribution in [3.63, 3.8) is 0 Å². The highest BCUT2D eigenvalue weighted by Crippen LogP contribution is 2.37. The van der Waals surface area contributed by atoms with Crippen molar-refractivity contribution in [3.8, 4) is 0 Å². The Kier molecular flexibility index (Phi) is 4.99. The summed E-state index contributed by atoms with van der Waals surface area (Å²) in [7, 11) is 0. The van der Waals surface area contributed by atoms with Crippen LogP contribution in [0.4, 0.5) is 11.4 Å². The van der Waals surface area contributed by atoms with Gasteiger partial charge in [0.2, 0.25) is 0 Å². The van der Waals surface area contributed by atoms with Crippen molar-refractivity contribution in [2.45, 2.75) is 32.1 Å². The zero-order chi connectivity index (χ0) is 14.6. The SMILES string of the molecule is O=[N+]([O-])c1cc(Br)ccc1NCC1(CO)CCCCC1. The highest BCUT2D eigenvalue weighted by atomic mass is 79.9. The third-order valence-electron chi connectivity index (χ3n) is 4.06. The van der Waals surface area contributed by atoms with E-state index in [1.54, 1.807) is 12.1 Å². The van der Waals surface area contributed by atoms with E-state index in [0.717, 1.165) is 25.7 Å². The number of rotatable bonds is 5. The van der Waals surface area contributed by atoms with Gasteiger partial charge in [-0.05, 0) is 25.0 Å². The maximum Gasteiger partial charge on any atom is 0.293 e. The molecule has 110 valence electrons. The summed E-state index contributed by atoms with van der Waals surface area (Å²) in [5.74, 6) is 0. The number of nitrogens with zero attached hydrogens (tertiary/aromatic N) is 1. The van der Waals surface area contributed by atoms with Gasteiger partial charge < -0.3 is 10.4 Å². The summed E-state index contributed by atoms with van der Waals surface area (Å²) < 4.78 is 0.685. The normalized spacial score (nSPS) is 17.7. The number of anilines is 1. The van der Waals surface area contributed by atoms with Crippen LogP contribution in [0.2, 0.25) is 0 Å². The summed E-state index contributed by atoms with van der Waals surface area (Å²) in [5.41, 5.74) is 0.430. The number of nitrogens with one attached hydrogen (secondary N) is 1. The molecule has 0 radical (unpaired) electrons. The molecule has 0 unspecified atom stereocenters. The maximum absolute atomic E-state index is 11.1. The fourth-order valence-electron chi connectivity index (χ4n) is 2.78. The Balaban J connectivity index is 2.11. The van der Waals surface area contributed by atoms with Crippen molar-refractivity contribution >= 4 is 27.3 Å². The number of halogens is 1. The van der Waals surface area contributed by atoms with Crippen LogP contribution in [0.25, 0.3) is 0 Å². The van der Waals surface area contributed by atoms with Crippen LogP contribution in [-0.2, 0) is 0 Å². The van der Waals surface area contributed by atoms with Crippen molar-refractivity contribution < 1.29 is 10.0 Å². The molecule has 0 saturated heterocycles. The number of hydrogen-bond donors (Lipinski definition) is 2. The van der Waals surface area contributed by atoms with Gasteiger partial charge in [0.15, 0.2) is 0 Å². The zero-order valence-corrected chi connectivity index (χ0v) is 12.9. The van der Waals surface area contributed by atoms with Gasteiger partial charge in [-0.25, -0.2) is 0 Å². The minimum atomic E-state index is -0.389. The van der Waals surface area contributed by atoms with Crippen LogP contribution in [0, 0.1) is 15.5 Å². The van der Waals surface area contributed by atoms with Gasteiger partial charge in [-0.3, -0.25) is 10.1 Å².